The Morgan fingerprint density at radius 1 is 1.39 bits per heavy atom. The minimum absolute atomic E-state index is 0.238. The fourth-order valence-corrected chi connectivity index (χ4v) is 4.94. The molecule has 120 valence electrons. The summed E-state index contributed by atoms with van der Waals surface area (Å²) in [5.74, 6) is 0.772. The normalized spacial score (nSPS) is 17.8. The third-order valence-electron chi connectivity index (χ3n) is 3.53. The van der Waals surface area contributed by atoms with Gasteiger partial charge >= 0.3 is 0 Å². The third kappa shape index (κ3) is 3.63. The Morgan fingerprint density at radius 2 is 2.39 bits per heavy atom. The van der Waals surface area contributed by atoms with Crippen molar-refractivity contribution in [1.82, 2.24) is 25.2 Å². The van der Waals surface area contributed by atoms with E-state index in [0.29, 0.717) is 0 Å². The molecule has 3 aromatic heterocycles. The summed E-state index contributed by atoms with van der Waals surface area (Å²) in [4.78, 5) is 5.91. The zero-order chi connectivity index (χ0) is 15.5. The Balaban J connectivity index is 1.38. The Bertz CT molecular complexity index is 748. The van der Waals surface area contributed by atoms with E-state index in [-0.39, 0.29) is 6.10 Å². The van der Waals surface area contributed by atoms with Crippen molar-refractivity contribution < 1.29 is 4.74 Å². The van der Waals surface area contributed by atoms with Crippen molar-refractivity contribution in [2.24, 2.45) is 0 Å². The minimum atomic E-state index is 0.238. The van der Waals surface area contributed by atoms with Crippen LogP contribution in [0.5, 0.6) is 0 Å². The van der Waals surface area contributed by atoms with Gasteiger partial charge in [-0.05, 0) is 34.7 Å². The van der Waals surface area contributed by atoms with Crippen molar-refractivity contribution in [2.75, 3.05) is 6.61 Å². The number of tetrazole rings is 1. The first-order valence-electron chi connectivity index (χ1n) is 7.37. The summed E-state index contributed by atoms with van der Waals surface area (Å²) in [6, 6.07) is 4.15. The van der Waals surface area contributed by atoms with E-state index in [1.165, 1.54) is 4.88 Å². The predicted molar refractivity (Wildman–Crippen MR) is 91.8 cm³/mol. The molecule has 6 nitrogen and oxygen atoms in total. The molecule has 1 aliphatic heterocycles. The number of thiophene rings is 1. The number of aromatic nitrogens is 5. The lowest BCUT2D eigenvalue weighted by Crippen LogP contribution is -2.16. The fraction of sp³-hybridized carbons (Fsp3) is 0.429. The van der Waals surface area contributed by atoms with Gasteiger partial charge in [0, 0.05) is 17.7 Å². The highest BCUT2D eigenvalue weighted by atomic mass is 32.2. The van der Waals surface area contributed by atoms with E-state index in [4.69, 9.17) is 9.72 Å². The van der Waals surface area contributed by atoms with E-state index in [9.17, 15) is 0 Å². The van der Waals surface area contributed by atoms with Crippen LogP contribution in [-0.2, 0) is 17.0 Å². The lowest BCUT2D eigenvalue weighted by molar-refractivity contribution is 0.0912. The van der Waals surface area contributed by atoms with Crippen LogP contribution in [-0.4, -0.2) is 37.9 Å². The molecule has 0 aliphatic carbocycles. The van der Waals surface area contributed by atoms with Crippen molar-refractivity contribution in [3.05, 3.63) is 28.6 Å². The van der Waals surface area contributed by atoms with E-state index in [1.54, 1.807) is 34.4 Å². The van der Waals surface area contributed by atoms with Crippen molar-refractivity contribution >= 4 is 34.4 Å². The van der Waals surface area contributed by atoms with Crippen LogP contribution in [0.4, 0.5) is 0 Å². The van der Waals surface area contributed by atoms with Crippen LogP contribution in [0.3, 0.4) is 0 Å². The quantitative estimate of drug-likeness (QED) is 0.624. The van der Waals surface area contributed by atoms with E-state index < -0.39 is 0 Å². The van der Waals surface area contributed by atoms with Crippen LogP contribution in [0, 0.1) is 0 Å². The maximum Gasteiger partial charge on any atom is 0.209 e. The molecule has 1 saturated heterocycles. The smallest absolute Gasteiger partial charge is 0.209 e. The SMILES string of the molecule is c1csc(-c2nc(CSc3nnnn3CC3CCCO3)cs2)c1. The molecule has 1 unspecified atom stereocenters. The molecule has 0 amide bonds. The first-order chi connectivity index (χ1) is 11.4. The third-order valence-corrected chi connectivity index (χ3v) is 6.45. The molecular weight excluding hydrogens is 350 g/mol. The Morgan fingerprint density at radius 3 is 3.22 bits per heavy atom. The van der Waals surface area contributed by atoms with Gasteiger partial charge in [0.15, 0.2) is 0 Å². The van der Waals surface area contributed by atoms with Gasteiger partial charge in [0.25, 0.3) is 0 Å². The zero-order valence-electron chi connectivity index (χ0n) is 12.3. The summed E-state index contributed by atoms with van der Waals surface area (Å²) in [6.07, 6.45) is 2.45. The molecule has 0 N–H and O–H groups in total. The molecule has 4 heterocycles. The second kappa shape index (κ2) is 7.08. The predicted octanol–water partition coefficient (Wildman–Crippen LogP) is 3.33. The molecule has 3 aromatic rings. The van der Waals surface area contributed by atoms with Crippen LogP contribution in [0.25, 0.3) is 9.88 Å². The van der Waals surface area contributed by atoms with Gasteiger partial charge in [0.2, 0.25) is 5.16 Å². The lowest BCUT2D eigenvalue weighted by atomic mass is 10.2. The largest absolute Gasteiger partial charge is 0.376 e. The average Bonchev–Trinajstić information content (AvgIpc) is 3.34. The molecule has 1 atom stereocenters. The van der Waals surface area contributed by atoms with E-state index in [0.717, 1.165) is 47.6 Å². The van der Waals surface area contributed by atoms with Crippen molar-refractivity contribution in [3.8, 4) is 9.88 Å². The molecule has 0 saturated carbocycles. The topological polar surface area (TPSA) is 65.7 Å². The summed E-state index contributed by atoms with van der Waals surface area (Å²) < 4.78 is 7.49. The zero-order valence-corrected chi connectivity index (χ0v) is 14.7. The van der Waals surface area contributed by atoms with Crippen LogP contribution >= 0.6 is 34.4 Å². The molecule has 9 heteroatoms. The highest BCUT2D eigenvalue weighted by Crippen LogP contribution is 2.30. The molecule has 1 aliphatic rings. The van der Waals surface area contributed by atoms with Gasteiger partial charge < -0.3 is 4.74 Å². The van der Waals surface area contributed by atoms with Crippen LogP contribution in [0.2, 0.25) is 0 Å². The van der Waals surface area contributed by atoms with Crippen molar-refractivity contribution in [1.29, 1.82) is 0 Å². The summed E-state index contributed by atoms with van der Waals surface area (Å²) >= 11 is 5.02. The van der Waals surface area contributed by atoms with Crippen molar-refractivity contribution in [2.45, 2.75) is 36.4 Å². The number of thiazole rings is 1. The fourth-order valence-electron chi connectivity index (χ4n) is 2.42. The number of rotatable bonds is 6. The highest BCUT2D eigenvalue weighted by molar-refractivity contribution is 7.98. The van der Waals surface area contributed by atoms with Crippen LogP contribution in [0.1, 0.15) is 18.5 Å². The summed E-state index contributed by atoms with van der Waals surface area (Å²) in [7, 11) is 0. The van der Waals surface area contributed by atoms with Gasteiger partial charge in [0.1, 0.15) is 5.01 Å². The van der Waals surface area contributed by atoms with E-state index in [2.05, 4.69) is 38.4 Å². The lowest BCUT2D eigenvalue weighted by Gasteiger charge is -2.09. The van der Waals surface area contributed by atoms with Gasteiger partial charge in [-0.3, -0.25) is 0 Å². The number of thioether (sulfide) groups is 1. The monoisotopic (exact) mass is 365 g/mol. The minimum Gasteiger partial charge on any atom is -0.376 e. The summed E-state index contributed by atoms with van der Waals surface area (Å²) in [6.45, 7) is 1.58. The first-order valence-corrected chi connectivity index (χ1v) is 10.1. The molecular formula is C14H15N5OS3. The average molecular weight is 366 g/mol. The Hall–Kier alpha value is -1.29. The van der Waals surface area contributed by atoms with Gasteiger partial charge in [-0.1, -0.05) is 17.8 Å². The maximum absolute atomic E-state index is 5.65. The van der Waals surface area contributed by atoms with Crippen LogP contribution < -0.4 is 0 Å². The second-order valence-electron chi connectivity index (χ2n) is 5.19. The Labute approximate surface area is 145 Å². The van der Waals surface area contributed by atoms with Gasteiger partial charge in [0.05, 0.1) is 23.2 Å². The number of nitrogens with zero attached hydrogens (tertiary/aromatic N) is 5. The summed E-state index contributed by atoms with van der Waals surface area (Å²) in [5, 5.41) is 18.1. The van der Waals surface area contributed by atoms with Gasteiger partial charge in [-0.25, -0.2) is 9.67 Å². The van der Waals surface area contributed by atoms with Gasteiger partial charge in [-0.2, -0.15) is 0 Å². The molecule has 0 bridgehead atoms. The number of hydrogen-bond donors (Lipinski definition) is 0. The van der Waals surface area contributed by atoms with Gasteiger partial charge in [-0.15, -0.1) is 27.8 Å². The van der Waals surface area contributed by atoms with Crippen LogP contribution in [0.15, 0.2) is 28.0 Å². The molecule has 0 aromatic carbocycles. The van der Waals surface area contributed by atoms with E-state index in [1.807, 2.05) is 4.68 Å². The number of hydrogen-bond acceptors (Lipinski definition) is 8. The molecule has 0 spiro atoms. The van der Waals surface area contributed by atoms with Crippen molar-refractivity contribution in [3.63, 3.8) is 0 Å². The standard InChI is InChI=1S/C14H15N5OS3/c1-3-11(20-5-1)7-19-14(16-17-18-19)23-9-10-8-22-13(15-10)12-4-2-6-21-12/h2,4,6,8,11H,1,3,5,7,9H2. The second-order valence-corrected chi connectivity index (χ2v) is 7.94. The first kappa shape index (κ1) is 15.3. The van der Waals surface area contributed by atoms with E-state index >= 15 is 0 Å². The molecule has 23 heavy (non-hydrogen) atoms. The maximum atomic E-state index is 5.65. The Kier molecular flexibility index (Phi) is 4.69. The summed E-state index contributed by atoms with van der Waals surface area (Å²) in [5.41, 5.74) is 1.06. The molecule has 4 rings (SSSR count). The number of ether oxygens (including phenoxy) is 1. The molecule has 0 radical (unpaired) electrons. The highest BCUT2D eigenvalue weighted by Gasteiger charge is 2.19. The molecule has 1 fully saturated rings.